The molecule has 17 heavy (non-hydrogen) atoms. The molecule has 0 bridgehead atoms. The van der Waals surface area contributed by atoms with Crippen LogP contribution >= 0.6 is 0 Å². The van der Waals surface area contributed by atoms with Gasteiger partial charge < -0.3 is 9.30 Å². The Bertz CT molecular complexity index is 525. The van der Waals surface area contributed by atoms with Crippen molar-refractivity contribution in [3.8, 4) is 16.9 Å². The van der Waals surface area contributed by atoms with Crippen LogP contribution in [-0.4, -0.2) is 11.7 Å². The van der Waals surface area contributed by atoms with E-state index in [4.69, 9.17) is 4.74 Å². The van der Waals surface area contributed by atoms with Gasteiger partial charge >= 0.3 is 0 Å². The quantitative estimate of drug-likeness (QED) is 0.774. The highest BCUT2D eigenvalue weighted by molar-refractivity contribution is 5.74. The summed E-state index contributed by atoms with van der Waals surface area (Å²) in [5.41, 5.74) is 3.51. The average Bonchev–Trinajstić information content (AvgIpc) is 2.81. The van der Waals surface area contributed by atoms with Crippen LogP contribution in [0.15, 0.2) is 43.1 Å². The van der Waals surface area contributed by atoms with E-state index in [9.17, 15) is 0 Å². The van der Waals surface area contributed by atoms with Crippen molar-refractivity contribution in [2.75, 3.05) is 7.11 Å². The molecule has 0 unspecified atom stereocenters. The Morgan fingerprint density at radius 3 is 2.82 bits per heavy atom. The minimum absolute atomic E-state index is 0.877. The van der Waals surface area contributed by atoms with Gasteiger partial charge in [0.15, 0.2) is 0 Å². The summed E-state index contributed by atoms with van der Waals surface area (Å²) < 4.78 is 7.43. The highest BCUT2D eigenvalue weighted by Gasteiger charge is 2.07. The second-order valence-corrected chi connectivity index (χ2v) is 3.84. The Hall–Kier alpha value is -1.96. The molecule has 0 saturated heterocycles. The Labute approximate surface area is 102 Å². The Balaban J connectivity index is 2.52. The van der Waals surface area contributed by atoms with Crippen LogP contribution in [0.3, 0.4) is 0 Å². The van der Waals surface area contributed by atoms with Crippen molar-refractivity contribution >= 4 is 6.08 Å². The lowest BCUT2D eigenvalue weighted by Crippen LogP contribution is -1.94. The zero-order chi connectivity index (χ0) is 12.3. The number of methoxy groups -OCH3 is 1. The highest BCUT2D eigenvalue weighted by atomic mass is 16.5. The van der Waals surface area contributed by atoms with Gasteiger partial charge in [-0.2, -0.15) is 0 Å². The van der Waals surface area contributed by atoms with Gasteiger partial charge in [0, 0.05) is 24.0 Å². The summed E-state index contributed by atoms with van der Waals surface area (Å²) in [4.78, 5) is 0. The summed E-state index contributed by atoms with van der Waals surface area (Å²) in [6.07, 6.45) is 3.99. The Morgan fingerprint density at radius 1 is 1.35 bits per heavy atom. The predicted molar refractivity (Wildman–Crippen MR) is 72.2 cm³/mol. The van der Waals surface area contributed by atoms with Crippen LogP contribution in [0.1, 0.15) is 12.6 Å². The molecule has 0 N–H and O–H groups in total. The molecule has 1 aromatic carbocycles. The maximum atomic E-state index is 5.25. The molecule has 2 heteroatoms. The van der Waals surface area contributed by atoms with Crippen LogP contribution in [-0.2, 0) is 6.54 Å². The van der Waals surface area contributed by atoms with Crippen LogP contribution in [0.4, 0.5) is 0 Å². The third-order valence-corrected chi connectivity index (χ3v) is 2.92. The van der Waals surface area contributed by atoms with Gasteiger partial charge in [-0.25, -0.2) is 0 Å². The average molecular weight is 227 g/mol. The summed E-state index contributed by atoms with van der Waals surface area (Å²) >= 11 is 0. The van der Waals surface area contributed by atoms with Crippen molar-refractivity contribution in [2.24, 2.45) is 0 Å². The standard InChI is InChI=1S/C15H17NO/c1-4-15-14(9-10-16(15)5-2)12-7-6-8-13(11-12)17-3/h4,6-11H,1,5H2,2-3H3. The fraction of sp³-hybridized carbons (Fsp3) is 0.200. The van der Waals surface area contributed by atoms with E-state index < -0.39 is 0 Å². The van der Waals surface area contributed by atoms with Crippen molar-refractivity contribution in [1.82, 2.24) is 4.57 Å². The fourth-order valence-corrected chi connectivity index (χ4v) is 2.02. The third kappa shape index (κ3) is 2.11. The molecule has 2 nitrogen and oxygen atoms in total. The first-order valence-corrected chi connectivity index (χ1v) is 5.76. The van der Waals surface area contributed by atoms with E-state index >= 15 is 0 Å². The largest absolute Gasteiger partial charge is 0.497 e. The molecule has 0 amide bonds. The fourth-order valence-electron chi connectivity index (χ4n) is 2.02. The van der Waals surface area contributed by atoms with Crippen LogP contribution in [0.25, 0.3) is 17.2 Å². The van der Waals surface area contributed by atoms with E-state index in [2.05, 4.69) is 36.4 Å². The minimum Gasteiger partial charge on any atom is -0.497 e. The van der Waals surface area contributed by atoms with E-state index in [0.29, 0.717) is 0 Å². The number of aryl methyl sites for hydroxylation is 1. The lowest BCUT2D eigenvalue weighted by molar-refractivity contribution is 0.415. The number of hydrogen-bond donors (Lipinski definition) is 0. The summed E-state index contributed by atoms with van der Waals surface area (Å²) in [6, 6.07) is 10.2. The molecule has 0 aliphatic heterocycles. The molecule has 0 aliphatic rings. The maximum absolute atomic E-state index is 5.25. The maximum Gasteiger partial charge on any atom is 0.119 e. The van der Waals surface area contributed by atoms with E-state index in [1.807, 2.05) is 24.3 Å². The first-order chi connectivity index (χ1) is 8.30. The summed E-state index contributed by atoms with van der Waals surface area (Å²) in [6.45, 7) is 6.97. The number of hydrogen-bond acceptors (Lipinski definition) is 1. The lowest BCUT2D eigenvalue weighted by Gasteiger charge is -2.07. The van der Waals surface area contributed by atoms with Gasteiger partial charge in [-0.3, -0.25) is 0 Å². The van der Waals surface area contributed by atoms with E-state index in [0.717, 1.165) is 23.6 Å². The van der Waals surface area contributed by atoms with E-state index in [-0.39, 0.29) is 0 Å². The summed E-state index contributed by atoms with van der Waals surface area (Å²) in [5.74, 6) is 0.877. The van der Waals surface area contributed by atoms with E-state index in [1.165, 1.54) is 5.56 Å². The first kappa shape index (κ1) is 11.5. The zero-order valence-electron chi connectivity index (χ0n) is 10.3. The summed E-state index contributed by atoms with van der Waals surface area (Å²) in [5, 5.41) is 0. The monoisotopic (exact) mass is 227 g/mol. The zero-order valence-corrected chi connectivity index (χ0v) is 10.3. The molecular formula is C15H17NO. The van der Waals surface area contributed by atoms with Crippen molar-refractivity contribution in [2.45, 2.75) is 13.5 Å². The van der Waals surface area contributed by atoms with Crippen LogP contribution in [0.2, 0.25) is 0 Å². The third-order valence-electron chi connectivity index (χ3n) is 2.92. The van der Waals surface area contributed by atoms with Crippen molar-refractivity contribution in [3.05, 3.63) is 48.8 Å². The van der Waals surface area contributed by atoms with Gasteiger partial charge in [-0.15, -0.1) is 0 Å². The number of aromatic nitrogens is 1. The smallest absolute Gasteiger partial charge is 0.119 e. The number of benzene rings is 1. The molecule has 0 atom stereocenters. The van der Waals surface area contributed by atoms with Crippen LogP contribution in [0, 0.1) is 0 Å². The molecule has 0 fully saturated rings. The molecule has 0 saturated carbocycles. The van der Waals surface area contributed by atoms with Gasteiger partial charge in [-0.1, -0.05) is 18.7 Å². The number of rotatable bonds is 4. The molecule has 2 aromatic rings. The number of ether oxygens (including phenoxy) is 1. The van der Waals surface area contributed by atoms with Crippen molar-refractivity contribution < 1.29 is 4.74 Å². The van der Waals surface area contributed by atoms with E-state index in [1.54, 1.807) is 7.11 Å². The lowest BCUT2D eigenvalue weighted by atomic mass is 10.1. The minimum atomic E-state index is 0.877. The normalized spacial score (nSPS) is 10.2. The molecule has 0 aliphatic carbocycles. The molecule has 2 rings (SSSR count). The van der Waals surface area contributed by atoms with Crippen molar-refractivity contribution in [1.29, 1.82) is 0 Å². The molecule has 88 valence electrons. The van der Waals surface area contributed by atoms with Gasteiger partial charge in [0.2, 0.25) is 0 Å². The molecular weight excluding hydrogens is 210 g/mol. The first-order valence-electron chi connectivity index (χ1n) is 5.76. The second-order valence-electron chi connectivity index (χ2n) is 3.84. The van der Waals surface area contributed by atoms with Crippen LogP contribution in [0.5, 0.6) is 5.75 Å². The molecule has 0 radical (unpaired) electrons. The second kappa shape index (κ2) is 4.91. The highest BCUT2D eigenvalue weighted by Crippen LogP contribution is 2.28. The van der Waals surface area contributed by atoms with Gasteiger partial charge in [0.25, 0.3) is 0 Å². The summed E-state index contributed by atoms with van der Waals surface area (Å²) in [7, 11) is 1.69. The van der Waals surface area contributed by atoms with Gasteiger partial charge in [0.05, 0.1) is 7.11 Å². The topological polar surface area (TPSA) is 14.2 Å². The van der Waals surface area contributed by atoms with Gasteiger partial charge in [0.1, 0.15) is 5.75 Å². The Kier molecular flexibility index (Phi) is 3.33. The Morgan fingerprint density at radius 2 is 2.18 bits per heavy atom. The van der Waals surface area contributed by atoms with Crippen molar-refractivity contribution in [3.63, 3.8) is 0 Å². The van der Waals surface area contributed by atoms with Gasteiger partial charge in [-0.05, 0) is 36.8 Å². The predicted octanol–water partition coefficient (Wildman–Crippen LogP) is 3.83. The SMILES string of the molecule is C=Cc1c(-c2cccc(OC)c2)ccn1CC. The number of nitrogens with zero attached hydrogens (tertiary/aromatic N) is 1. The molecule has 1 heterocycles. The molecule has 0 spiro atoms. The molecule has 1 aromatic heterocycles. The van der Waals surface area contributed by atoms with Crippen LogP contribution < -0.4 is 4.74 Å².